The zero-order chi connectivity index (χ0) is 16.2. The zero-order valence-corrected chi connectivity index (χ0v) is 13.2. The van der Waals surface area contributed by atoms with Gasteiger partial charge in [0.1, 0.15) is 5.56 Å². The Morgan fingerprint density at radius 1 is 1.38 bits per heavy atom. The van der Waals surface area contributed by atoms with Crippen LogP contribution >= 0.6 is 11.6 Å². The number of nitrogens with two attached hydrogens (primary N) is 1. The smallest absolute Gasteiger partial charge is 0.339 e. The maximum Gasteiger partial charge on any atom is 0.339 e. The summed E-state index contributed by atoms with van der Waals surface area (Å²) >= 11 is 5.87. The number of hydrogen-bond acceptors (Lipinski definition) is 3. The molecule has 4 N–H and O–H groups in total. The molecular weight excluding hydrogens is 292 g/mol. The van der Waals surface area contributed by atoms with Gasteiger partial charge in [0.25, 0.3) is 0 Å². The molecule has 21 heavy (non-hydrogen) atoms. The van der Waals surface area contributed by atoms with E-state index in [-0.39, 0.29) is 40.1 Å². The molecule has 5 nitrogen and oxygen atoms in total. The Hall–Kier alpha value is -1.59. The van der Waals surface area contributed by atoms with E-state index in [0.29, 0.717) is 6.42 Å². The van der Waals surface area contributed by atoms with Crippen LogP contribution < -0.4 is 11.1 Å². The van der Waals surface area contributed by atoms with Crippen LogP contribution in [0.2, 0.25) is 5.02 Å². The third-order valence-electron chi connectivity index (χ3n) is 3.00. The van der Waals surface area contributed by atoms with E-state index in [9.17, 15) is 14.7 Å². The Labute approximate surface area is 129 Å². The van der Waals surface area contributed by atoms with Gasteiger partial charge in [-0.3, -0.25) is 4.79 Å². The van der Waals surface area contributed by atoms with Gasteiger partial charge in [-0.15, -0.1) is 0 Å². The van der Waals surface area contributed by atoms with E-state index >= 15 is 0 Å². The molecule has 0 saturated carbocycles. The molecule has 0 fully saturated rings. The van der Waals surface area contributed by atoms with Crippen LogP contribution in [-0.4, -0.2) is 23.5 Å². The predicted molar refractivity (Wildman–Crippen MR) is 83.7 cm³/mol. The third-order valence-corrected chi connectivity index (χ3v) is 3.31. The summed E-state index contributed by atoms with van der Waals surface area (Å²) in [4.78, 5) is 23.5. The topological polar surface area (TPSA) is 92.4 Å². The minimum atomic E-state index is -1.18. The summed E-state index contributed by atoms with van der Waals surface area (Å²) in [5.41, 5.74) is 5.68. The summed E-state index contributed by atoms with van der Waals surface area (Å²) in [6, 6.07) is 4.57. The van der Waals surface area contributed by atoms with Crippen molar-refractivity contribution in [3.05, 3.63) is 28.8 Å². The second kappa shape index (κ2) is 6.91. The van der Waals surface area contributed by atoms with Crippen molar-refractivity contribution >= 4 is 29.2 Å². The minimum Gasteiger partial charge on any atom is -0.478 e. The number of hydrogen-bond donors (Lipinski definition) is 3. The van der Waals surface area contributed by atoms with Crippen LogP contribution in [0.4, 0.5) is 5.69 Å². The van der Waals surface area contributed by atoms with E-state index in [4.69, 9.17) is 17.3 Å². The van der Waals surface area contributed by atoms with Gasteiger partial charge in [0.15, 0.2) is 0 Å². The monoisotopic (exact) mass is 312 g/mol. The first kappa shape index (κ1) is 17.5. The summed E-state index contributed by atoms with van der Waals surface area (Å²) in [6.07, 6.45) is 0.609. The van der Waals surface area contributed by atoms with Crippen molar-refractivity contribution in [1.82, 2.24) is 0 Å². The van der Waals surface area contributed by atoms with Gasteiger partial charge in [-0.05, 0) is 24.0 Å². The van der Waals surface area contributed by atoms with Gasteiger partial charge >= 0.3 is 5.97 Å². The number of anilines is 1. The highest BCUT2D eigenvalue weighted by atomic mass is 35.5. The number of carbonyl (C=O) groups excluding carboxylic acids is 1. The van der Waals surface area contributed by atoms with Gasteiger partial charge in [0.2, 0.25) is 5.91 Å². The van der Waals surface area contributed by atoms with E-state index in [0.717, 1.165) is 0 Å². The van der Waals surface area contributed by atoms with Gasteiger partial charge < -0.3 is 16.2 Å². The van der Waals surface area contributed by atoms with Crippen molar-refractivity contribution in [2.45, 2.75) is 27.2 Å². The lowest BCUT2D eigenvalue weighted by molar-refractivity contribution is -0.120. The molecule has 1 unspecified atom stereocenters. The van der Waals surface area contributed by atoms with Crippen molar-refractivity contribution in [2.24, 2.45) is 17.1 Å². The summed E-state index contributed by atoms with van der Waals surface area (Å²) in [7, 11) is 0. The third kappa shape index (κ3) is 5.02. The van der Waals surface area contributed by atoms with Gasteiger partial charge in [-0.25, -0.2) is 4.79 Å². The second-order valence-electron chi connectivity index (χ2n) is 6.15. The van der Waals surface area contributed by atoms with Crippen LogP contribution in [0.1, 0.15) is 37.6 Å². The largest absolute Gasteiger partial charge is 0.478 e. The molecule has 0 spiro atoms. The Bertz CT molecular complexity index is 538. The first-order valence-electron chi connectivity index (χ1n) is 6.68. The van der Waals surface area contributed by atoms with Gasteiger partial charge in [0, 0.05) is 6.54 Å². The predicted octanol–water partition coefficient (Wildman–Crippen LogP) is 2.99. The van der Waals surface area contributed by atoms with Gasteiger partial charge in [0.05, 0.1) is 16.6 Å². The van der Waals surface area contributed by atoms with Crippen molar-refractivity contribution in [2.75, 3.05) is 11.9 Å². The van der Waals surface area contributed by atoms with E-state index in [1.54, 1.807) is 6.07 Å². The number of aromatic carboxylic acids is 1. The van der Waals surface area contributed by atoms with Crippen LogP contribution in [0, 0.1) is 11.3 Å². The molecule has 6 heteroatoms. The number of carboxylic acid groups (broad SMARTS) is 1. The lowest BCUT2D eigenvalue weighted by Crippen LogP contribution is -2.32. The standard InChI is InChI=1S/C15H21ClN2O3/c1-15(2,3)7-9(8-17)13(19)18-11-6-4-5-10(16)12(11)14(20)21/h4-6,9H,7-8,17H2,1-3H3,(H,18,19)(H,20,21). The first-order valence-corrected chi connectivity index (χ1v) is 7.06. The van der Waals surface area contributed by atoms with Crippen LogP contribution in [0.3, 0.4) is 0 Å². The van der Waals surface area contributed by atoms with Gasteiger partial charge in [-0.1, -0.05) is 38.4 Å². The fraction of sp³-hybridized carbons (Fsp3) is 0.467. The normalized spacial score (nSPS) is 12.8. The number of amides is 1. The van der Waals surface area contributed by atoms with Crippen LogP contribution in [0.25, 0.3) is 0 Å². The second-order valence-corrected chi connectivity index (χ2v) is 6.56. The number of halogens is 1. The van der Waals surface area contributed by atoms with Crippen LogP contribution in [0.5, 0.6) is 0 Å². The number of nitrogens with one attached hydrogen (secondary N) is 1. The molecule has 0 bridgehead atoms. The molecule has 0 aliphatic rings. The molecule has 1 aromatic rings. The molecule has 1 atom stereocenters. The van der Waals surface area contributed by atoms with E-state index in [1.807, 2.05) is 20.8 Å². The van der Waals surface area contributed by atoms with Crippen molar-refractivity contribution in [3.8, 4) is 0 Å². The van der Waals surface area contributed by atoms with E-state index in [1.165, 1.54) is 12.1 Å². The Morgan fingerprint density at radius 2 is 2.00 bits per heavy atom. The highest BCUT2D eigenvalue weighted by Crippen LogP contribution is 2.27. The Morgan fingerprint density at radius 3 is 2.48 bits per heavy atom. The van der Waals surface area contributed by atoms with Crippen molar-refractivity contribution < 1.29 is 14.7 Å². The fourth-order valence-corrected chi connectivity index (χ4v) is 2.36. The van der Waals surface area contributed by atoms with Crippen LogP contribution in [0.15, 0.2) is 18.2 Å². The minimum absolute atomic E-state index is 0.0503. The number of carboxylic acids is 1. The van der Waals surface area contributed by atoms with E-state index < -0.39 is 5.97 Å². The maximum absolute atomic E-state index is 12.3. The molecule has 1 aromatic carbocycles. The lowest BCUT2D eigenvalue weighted by atomic mass is 9.84. The first-order chi connectivity index (χ1) is 9.65. The van der Waals surface area contributed by atoms with Gasteiger partial charge in [-0.2, -0.15) is 0 Å². The summed E-state index contributed by atoms with van der Waals surface area (Å²) in [6.45, 7) is 6.26. The zero-order valence-electron chi connectivity index (χ0n) is 12.4. The average molecular weight is 313 g/mol. The molecular formula is C15H21ClN2O3. The Kier molecular flexibility index (Phi) is 5.75. The summed E-state index contributed by atoms with van der Waals surface area (Å²) in [5.74, 6) is -1.86. The number of benzene rings is 1. The van der Waals surface area contributed by atoms with Crippen molar-refractivity contribution in [3.63, 3.8) is 0 Å². The molecule has 0 saturated heterocycles. The molecule has 0 heterocycles. The van der Waals surface area contributed by atoms with E-state index in [2.05, 4.69) is 5.32 Å². The lowest BCUT2D eigenvalue weighted by Gasteiger charge is -2.24. The summed E-state index contributed by atoms with van der Waals surface area (Å²) < 4.78 is 0. The quantitative estimate of drug-likeness (QED) is 0.779. The maximum atomic E-state index is 12.3. The molecule has 1 amide bonds. The molecule has 0 aromatic heterocycles. The number of carbonyl (C=O) groups is 2. The molecule has 0 radical (unpaired) electrons. The molecule has 0 aliphatic heterocycles. The average Bonchev–Trinajstić information content (AvgIpc) is 2.34. The van der Waals surface area contributed by atoms with Crippen LogP contribution in [-0.2, 0) is 4.79 Å². The number of rotatable bonds is 5. The molecule has 116 valence electrons. The molecule has 1 rings (SSSR count). The molecule has 0 aliphatic carbocycles. The SMILES string of the molecule is CC(C)(C)CC(CN)C(=O)Nc1cccc(Cl)c1C(=O)O. The highest BCUT2D eigenvalue weighted by Gasteiger charge is 2.25. The Balaban J connectivity index is 2.97. The fourth-order valence-electron chi connectivity index (χ4n) is 2.10. The highest BCUT2D eigenvalue weighted by molar-refractivity contribution is 6.34. The van der Waals surface area contributed by atoms with Crippen molar-refractivity contribution in [1.29, 1.82) is 0 Å². The summed E-state index contributed by atoms with van der Waals surface area (Å²) in [5, 5.41) is 11.9.